The fourth-order valence-corrected chi connectivity index (χ4v) is 7.92. The number of para-hydroxylation sites is 1. The van der Waals surface area contributed by atoms with Crippen LogP contribution in [0.3, 0.4) is 0 Å². The third-order valence-corrected chi connectivity index (χ3v) is 10.3. The maximum atomic E-state index is 6.25. The van der Waals surface area contributed by atoms with Crippen molar-refractivity contribution in [2.45, 2.75) is 0 Å². The highest BCUT2D eigenvalue weighted by atomic mass is 32.1. The summed E-state index contributed by atoms with van der Waals surface area (Å²) in [5.74, 6) is 1.88. The van der Waals surface area contributed by atoms with Gasteiger partial charge in [-0.15, -0.1) is 11.3 Å². The first-order valence-corrected chi connectivity index (χ1v) is 16.7. The molecule has 0 fully saturated rings. The van der Waals surface area contributed by atoms with Crippen LogP contribution < -0.4 is 0 Å². The Morgan fingerprint density at radius 3 is 1.92 bits per heavy atom. The zero-order valence-corrected chi connectivity index (χ0v) is 26.4. The lowest BCUT2D eigenvalue weighted by molar-refractivity contribution is 0.669. The minimum atomic E-state index is 0.613. The molecule has 0 unspecified atom stereocenters. The highest BCUT2D eigenvalue weighted by molar-refractivity contribution is 7.25. The molecule has 0 radical (unpaired) electrons. The number of thiophene rings is 1. The van der Waals surface area contributed by atoms with Gasteiger partial charge < -0.3 is 4.42 Å². The molecule has 0 atom stereocenters. The van der Waals surface area contributed by atoms with Crippen LogP contribution in [0.5, 0.6) is 0 Å². The molecule has 0 N–H and O–H groups in total. The Balaban J connectivity index is 1.20. The molecular weight excluding hydrogens is 607 g/mol. The molecule has 0 bridgehead atoms. The Morgan fingerprint density at radius 2 is 1.04 bits per heavy atom. The van der Waals surface area contributed by atoms with Gasteiger partial charge in [-0.05, 0) is 58.3 Å². The van der Waals surface area contributed by atoms with Crippen LogP contribution in [0.2, 0.25) is 0 Å². The largest absolute Gasteiger partial charge is 0.456 e. The molecule has 0 spiro atoms. The molecule has 0 saturated heterocycles. The summed E-state index contributed by atoms with van der Waals surface area (Å²) in [5, 5.41) is 6.85. The first kappa shape index (κ1) is 27.0. The molecule has 4 nitrogen and oxygen atoms in total. The minimum absolute atomic E-state index is 0.613. The molecule has 10 rings (SSSR count). The molecule has 0 amide bonds. The summed E-state index contributed by atoms with van der Waals surface area (Å²) in [6.07, 6.45) is 0. The summed E-state index contributed by atoms with van der Waals surface area (Å²) in [5.41, 5.74) is 6.81. The van der Waals surface area contributed by atoms with Crippen molar-refractivity contribution in [1.29, 1.82) is 0 Å². The maximum absolute atomic E-state index is 6.25. The van der Waals surface area contributed by atoms with Gasteiger partial charge in [0.25, 0.3) is 0 Å². The molecule has 224 valence electrons. The van der Waals surface area contributed by atoms with E-state index in [4.69, 9.17) is 19.4 Å². The lowest BCUT2D eigenvalue weighted by atomic mass is 9.99. The second-order valence-corrected chi connectivity index (χ2v) is 13.1. The van der Waals surface area contributed by atoms with Gasteiger partial charge >= 0.3 is 0 Å². The van der Waals surface area contributed by atoms with Gasteiger partial charge in [0.1, 0.15) is 11.2 Å². The third-order valence-electron chi connectivity index (χ3n) is 9.12. The summed E-state index contributed by atoms with van der Waals surface area (Å²) < 4.78 is 8.72. The molecule has 0 aliphatic rings. The topological polar surface area (TPSA) is 51.8 Å². The molecule has 5 heteroatoms. The van der Waals surface area contributed by atoms with Gasteiger partial charge in [0.15, 0.2) is 17.5 Å². The molecule has 7 aromatic carbocycles. The molecule has 0 saturated carbocycles. The fraction of sp³-hybridized carbons (Fsp3) is 0. The minimum Gasteiger partial charge on any atom is -0.456 e. The number of nitrogens with zero attached hydrogens (tertiary/aromatic N) is 3. The van der Waals surface area contributed by atoms with E-state index in [0.29, 0.717) is 17.5 Å². The van der Waals surface area contributed by atoms with Crippen LogP contribution in [0.25, 0.3) is 98.2 Å². The van der Waals surface area contributed by atoms with Gasteiger partial charge in [-0.2, -0.15) is 0 Å². The monoisotopic (exact) mass is 631 g/mol. The van der Waals surface area contributed by atoms with E-state index in [1.165, 1.54) is 31.3 Å². The van der Waals surface area contributed by atoms with Gasteiger partial charge in [-0.25, -0.2) is 15.0 Å². The molecule has 48 heavy (non-hydrogen) atoms. The summed E-state index contributed by atoms with van der Waals surface area (Å²) in [6.45, 7) is 0. The van der Waals surface area contributed by atoms with Crippen molar-refractivity contribution in [3.63, 3.8) is 0 Å². The molecular formula is C43H25N3OS. The first-order chi connectivity index (χ1) is 23.7. The van der Waals surface area contributed by atoms with E-state index in [9.17, 15) is 0 Å². The molecule has 0 aliphatic carbocycles. The van der Waals surface area contributed by atoms with Crippen molar-refractivity contribution in [2.24, 2.45) is 0 Å². The molecule has 0 aliphatic heterocycles. The van der Waals surface area contributed by atoms with Gasteiger partial charge in [-0.3, -0.25) is 0 Å². The van der Waals surface area contributed by atoms with E-state index in [2.05, 4.69) is 115 Å². The highest BCUT2D eigenvalue weighted by Crippen LogP contribution is 2.39. The second-order valence-electron chi connectivity index (χ2n) is 12.0. The molecule has 3 aromatic heterocycles. The SMILES string of the molecule is c1ccc(-c2ccc3ccc(-c4nc(-c5ccc6c(c5)sc5ccccc56)nc(-c5cccc6oc7ccccc7c56)n4)cc3c2)cc1. The van der Waals surface area contributed by atoms with Crippen molar-refractivity contribution in [3.05, 3.63) is 152 Å². The molecule has 3 heterocycles. The summed E-state index contributed by atoms with van der Waals surface area (Å²) in [6, 6.07) is 52.8. The van der Waals surface area contributed by atoms with E-state index in [1.54, 1.807) is 11.3 Å². The van der Waals surface area contributed by atoms with Crippen LogP contribution in [0.1, 0.15) is 0 Å². The quantitative estimate of drug-likeness (QED) is 0.194. The Morgan fingerprint density at radius 1 is 0.396 bits per heavy atom. The van der Waals surface area contributed by atoms with E-state index < -0.39 is 0 Å². The zero-order chi connectivity index (χ0) is 31.6. The number of furan rings is 1. The van der Waals surface area contributed by atoms with Crippen LogP contribution in [0, 0.1) is 0 Å². The van der Waals surface area contributed by atoms with Gasteiger partial charge in [0.2, 0.25) is 0 Å². The Hall–Kier alpha value is -6.17. The van der Waals surface area contributed by atoms with Crippen LogP contribution >= 0.6 is 11.3 Å². The number of hydrogen-bond acceptors (Lipinski definition) is 5. The average molecular weight is 632 g/mol. The van der Waals surface area contributed by atoms with E-state index in [-0.39, 0.29) is 0 Å². The van der Waals surface area contributed by atoms with Crippen molar-refractivity contribution < 1.29 is 4.42 Å². The number of hydrogen-bond donors (Lipinski definition) is 0. The smallest absolute Gasteiger partial charge is 0.164 e. The van der Waals surface area contributed by atoms with Gasteiger partial charge in [0.05, 0.1) is 0 Å². The van der Waals surface area contributed by atoms with Crippen molar-refractivity contribution in [3.8, 4) is 45.3 Å². The summed E-state index contributed by atoms with van der Waals surface area (Å²) >= 11 is 1.79. The highest BCUT2D eigenvalue weighted by Gasteiger charge is 2.18. The second kappa shape index (κ2) is 10.7. The predicted molar refractivity (Wildman–Crippen MR) is 199 cm³/mol. The number of benzene rings is 7. The van der Waals surface area contributed by atoms with Crippen molar-refractivity contribution >= 4 is 64.2 Å². The Labute approximate surface area is 279 Å². The molecule has 10 aromatic rings. The van der Waals surface area contributed by atoms with E-state index in [0.717, 1.165) is 49.4 Å². The van der Waals surface area contributed by atoms with E-state index in [1.807, 2.05) is 36.4 Å². The zero-order valence-electron chi connectivity index (χ0n) is 25.6. The summed E-state index contributed by atoms with van der Waals surface area (Å²) in [7, 11) is 0. The van der Waals surface area contributed by atoms with Crippen LogP contribution in [0.15, 0.2) is 156 Å². The maximum Gasteiger partial charge on any atom is 0.164 e. The number of aromatic nitrogens is 3. The average Bonchev–Trinajstić information content (AvgIpc) is 3.72. The first-order valence-electron chi connectivity index (χ1n) is 15.9. The Kier molecular flexibility index (Phi) is 6.01. The standard InChI is InChI=1S/C43H25N3OS/c1-2-9-26(10-3-1)28-19-17-27-18-20-29(24-31(27)23-28)41-44-42(30-21-22-33-32-11-5-7-16-38(32)48-39(33)25-30)46-43(45-41)35-13-8-15-37-40(35)34-12-4-6-14-36(34)47-37/h1-25H. The lowest BCUT2D eigenvalue weighted by Gasteiger charge is -2.10. The van der Waals surface area contributed by atoms with Crippen LogP contribution in [-0.4, -0.2) is 15.0 Å². The van der Waals surface area contributed by atoms with Gasteiger partial charge in [0, 0.05) is 47.6 Å². The Bertz CT molecular complexity index is 2850. The number of rotatable bonds is 4. The van der Waals surface area contributed by atoms with Crippen LogP contribution in [-0.2, 0) is 0 Å². The van der Waals surface area contributed by atoms with Crippen LogP contribution in [0.4, 0.5) is 0 Å². The predicted octanol–water partition coefficient (Wildman–Crippen LogP) is 12.0. The van der Waals surface area contributed by atoms with Crippen molar-refractivity contribution in [2.75, 3.05) is 0 Å². The lowest BCUT2D eigenvalue weighted by Crippen LogP contribution is -2.00. The van der Waals surface area contributed by atoms with E-state index >= 15 is 0 Å². The van der Waals surface area contributed by atoms with Gasteiger partial charge in [-0.1, -0.05) is 115 Å². The normalized spacial score (nSPS) is 11.8. The fourth-order valence-electron chi connectivity index (χ4n) is 6.78. The summed E-state index contributed by atoms with van der Waals surface area (Å²) in [4.78, 5) is 15.4. The number of fused-ring (bicyclic) bond motifs is 7. The third kappa shape index (κ3) is 4.40. The van der Waals surface area contributed by atoms with Crippen molar-refractivity contribution in [1.82, 2.24) is 15.0 Å².